The molecule has 1 unspecified atom stereocenters. The molecule has 0 N–H and O–H groups in total. The lowest BCUT2D eigenvalue weighted by Gasteiger charge is -2.36. The Morgan fingerprint density at radius 3 is 2.79 bits per heavy atom. The number of rotatable bonds is 2. The molecule has 0 radical (unpaired) electrons. The number of carbonyl (C=O) groups is 1. The van der Waals surface area contributed by atoms with Gasteiger partial charge in [-0.15, -0.1) is 0 Å². The summed E-state index contributed by atoms with van der Waals surface area (Å²) in [5.41, 5.74) is 0.652. The highest BCUT2D eigenvalue weighted by Gasteiger charge is 2.25. The maximum absolute atomic E-state index is 12.5. The van der Waals surface area contributed by atoms with Crippen LogP contribution in [0.4, 0.5) is 0 Å². The molecule has 3 nitrogen and oxygen atoms in total. The largest absolute Gasteiger partial charge is 0.337 e. The summed E-state index contributed by atoms with van der Waals surface area (Å²) in [5.74, 6) is 0.0646. The lowest BCUT2D eigenvalue weighted by molar-refractivity contribution is 0.0635. The average molecular weight is 346 g/mol. The molecule has 0 aliphatic carbocycles. The van der Waals surface area contributed by atoms with Gasteiger partial charge in [0, 0.05) is 34.2 Å². The van der Waals surface area contributed by atoms with E-state index in [1.807, 2.05) is 11.0 Å². The van der Waals surface area contributed by atoms with Gasteiger partial charge in [0.1, 0.15) is 0 Å². The Morgan fingerprint density at radius 1 is 1.42 bits per heavy atom. The van der Waals surface area contributed by atoms with Gasteiger partial charge in [0.15, 0.2) is 0 Å². The van der Waals surface area contributed by atoms with Crippen LogP contribution in [0.2, 0.25) is 5.02 Å². The van der Waals surface area contributed by atoms with Crippen LogP contribution in [0.3, 0.4) is 0 Å². The third-order valence-corrected chi connectivity index (χ3v) is 4.20. The Balaban J connectivity index is 2.14. The van der Waals surface area contributed by atoms with E-state index in [4.69, 9.17) is 11.6 Å². The van der Waals surface area contributed by atoms with Gasteiger partial charge in [0.05, 0.1) is 0 Å². The zero-order valence-electron chi connectivity index (χ0n) is 11.2. The topological polar surface area (TPSA) is 23.6 Å². The molecule has 0 aromatic heterocycles. The summed E-state index contributed by atoms with van der Waals surface area (Å²) in [4.78, 5) is 16.6. The molecule has 1 atom stereocenters. The van der Waals surface area contributed by atoms with Gasteiger partial charge in [-0.2, -0.15) is 0 Å². The Morgan fingerprint density at radius 2 is 2.16 bits per heavy atom. The first kappa shape index (κ1) is 14.8. The summed E-state index contributed by atoms with van der Waals surface area (Å²) in [6.07, 6.45) is 2.20. The lowest BCUT2D eigenvalue weighted by Crippen LogP contribution is -2.47. The van der Waals surface area contributed by atoms with Crippen molar-refractivity contribution in [1.82, 2.24) is 9.80 Å². The van der Waals surface area contributed by atoms with E-state index in [1.165, 1.54) is 0 Å². The minimum atomic E-state index is 0.0646. The predicted octanol–water partition coefficient (Wildman–Crippen LogP) is 3.27. The summed E-state index contributed by atoms with van der Waals surface area (Å²) in [6.45, 7) is 1.61. The van der Waals surface area contributed by atoms with Gasteiger partial charge in [0.2, 0.25) is 0 Å². The number of hydrogen-bond acceptors (Lipinski definition) is 2. The van der Waals surface area contributed by atoms with Gasteiger partial charge >= 0.3 is 0 Å². The molecule has 1 heterocycles. The van der Waals surface area contributed by atoms with Gasteiger partial charge in [-0.3, -0.25) is 4.79 Å². The van der Waals surface area contributed by atoms with Crippen molar-refractivity contribution in [3.63, 3.8) is 0 Å². The van der Waals surface area contributed by atoms with Crippen molar-refractivity contribution in [2.45, 2.75) is 18.9 Å². The van der Waals surface area contributed by atoms with E-state index in [0.29, 0.717) is 16.6 Å². The molecule has 0 saturated carbocycles. The molecule has 1 fully saturated rings. The number of piperidine rings is 1. The van der Waals surface area contributed by atoms with Crippen LogP contribution >= 0.6 is 27.5 Å². The fourth-order valence-corrected chi connectivity index (χ4v) is 3.28. The van der Waals surface area contributed by atoms with Crippen molar-refractivity contribution >= 4 is 33.4 Å². The Hall–Kier alpha value is -0.580. The van der Waals surface area contributed by atoms with Crippen LogP contribution < -0.4 is 0 Å². The fraction of sp³-hybridized carbons (Fsp3) is 0.500. The van der Waals surface area contributed by atoms with Crippen LogP contribution in [0.5, 0.6) is 0 Å². The van der Waals surface area contributed by atoms with Crippen LogP contribution in [0.15, 0.2) is 22.7 Å². The summed E-state index contributed by atoms with van der Waals surface area (Å²) in [7, 11) is 4.13. The third-order valence-electron chi connectivity index (χ3n) is 3.52. The average Bonchev–Trinajstić information content (AvgIpc) is 2.37. The molecule has 1 aromatic carbocycles. The molecular weight excluding hydrogens is 328 g/mol. The lowest BCUT2D eigenvalue weighted by atomic mass is 10.0. The molecule has 19 heavy (non-hydrogen) atoms. The predicted molar refractivity (Wildman–Crippen MR) is 81.8 cm³/mol. The number of likely N-dealkylation sites (N-methyl/N-ethyl adjacent to an activating group) is 1. The summed E-state index contributed by atoms with van der Waals surface area (Å²) < 4.78 is 0.838. The smallest absolute Gasteiger partial charge is 0.253 e. The summed E-state index contributed by atoms with van der Waals surface area (Å²) in [5, 5.41) is 0.582. The van der Waals surface area contributed by atoms with Gasteiger partial charge < -0.3 is 9.80 Å². The van der Waals surface area contributed by atoms with Crippen molar-refractivity contribution in [2.75, 3.05) is 27.2 Å². The number of amides is 1. The van der Waals surface area contributed by atoms with E-state index in [0.717, 1.165) is 30.4 Å². The number of carbonyl (C=O) groups excluding carboxylic acids is 1. The van der Waals surface area contributed by atoms with Crippen molar-refractivity contribution < 1.29 is 4.79 Å². The zero-order valence-corrected chi connectivity index (χ0v) is 13.5. The fourth-order valence-electron chi connectivity index (χ4n) is 2.42. The molecule has 5 heteroatoms. The first-order chi connectivity index (χ1) is 8.97. The highest BCUT2D eigenvalue weighted by atomic mass is 79.9. The molecule has 1 amide bonds. The highest BCUT2D eigenvalue weighted by Crippen LogP contribution is 2.22. The SMILES string of the molecule is CN(C)C1CCCN(C(=O)c2cc(Cl)cc(Br)c2)C1. The first-order valence-corrected chi connectivity index (χ1v) is 7.56. The molecule has 0 bridgehead atoms. The Labute approximate surface area is 127 Å². The number of benzene rings is 1. The van der Waals surface area contributed by atoms with Crippen molar-refractivity contribution in [3.05, 3.63) is 33.3 Å². The summed E-state index contributed by atoms with van der Waals surface area (Å²) >= 11 is 9.38. The minimum absolute atomic E-state index is 0.0646. The second-order valence-electron chi connectivity index (χ2n) is 5.17. The highest BCUT2D eigenvalue weighted by molar-refractivity contribution is 9.10. The van der Waals surface area contributed by atoms with Crippen molar-refractivity contribution in [1.29, 1.82) is 0 Å². The zero-order chi connectivity index (χ0) is 14.0. The second-order valence-corrected chi connectivity index (χ2v) is 6.52. The third kappa shape index (κ3) is 3.71. The maximum Gasteiger partial charge on any atom is 0.253 e. The van der Waals surface area contributed by atoms with Crippen LogP contribution in [0, 0.1) is 0 Å². The van der Waals surface area contributed by atoms with E-state index in [2.05, 4.69) is 34.9 Å². The van der Waals surface area contributed by atoms with Crippen LogP contribution in [-0.4, -0.2) is 48.9 Å². The van der Waals surface area contributed by atoms with E-state index in [-0.39, 0.29) is 5.91 Å². The Bertz CT molecular complexity index is 458. The van der Waals surface area contributed by atoms with Crippen molar-refractivity contribution in [2.24, 2.45) is 0 Å². The van der Waals surface area contributed by atoms with E-state index >= 15 is 0 Å². The van der Waals surface area contributed by atoms with Crippen LogP contribution in [0.25, 0.3) is 0 Å². The molecule has 2 rings (SSSR count). The molecule has 1 saturated heterocycles. The molecule has 0 spiro atoms. The van der Waals surface area contributed by atoms with Crippen LogP contribution in [-0.2, 0) is 0 Å². The monoisotopic (exact) mass is 344 g/mol. The standard InChI is InChI=1S/C14H18BrClN2O/c1-17(2)13-4-3-5-18(9-13)14(19)10-6-11(15)8-12(16)7-10/h6-8,13H,3-5,9H2,1-2H3. The molecule has 104 valence electrons. The maximum atomic E-state index is 12.5. The number of nitrogens with zero attached hydrogens (tertiary/aromatic N) is 2. The van der Waals surface area contributed by atoms with Crippen LogP contribution in [0.1, 0.15) is 23.2 Å². The Kier molecular flexibility index (Phi) is 4.87. The minimum Gasteiger partial charge on any atom is -0.337 e. The summed E-state index contributed by atoms with van der Waals surface area (Å²) in [6, 6.07) is 5.79. The molecular formula is C14H18BrClN2O. The molecule has 1 aliphatic heterocycles. The van der Waals surface area contributed by atoms with E-state index in [9.17, 15) is 4.79 Å². The number of hydrogen-bond donors (Lipinski definition) is 0. The quantitative estimate of drug-likeness (QED) is 0.821. The van der Waals surface area contributed by atoms with Gasteiger partial charge in [-0.25, -0.2) is 0 Å². The van der Waals surface area contributed by atoms with Gasteiger partial charge in [-0.1, -0.05) is 27.5 Å². The van der Waals surface area contributed by atoms with Gasteiger partial charge in [-0.05, 0) is 45.1 Å². The molecule has 1 aliphatic rings. The number of likely N-dealkylation sites (tertiary alicyclic amines) is 1. The van der Waals surface area contributed by atoms with Gasteiger partial charge in [0.25, 0.3) is 5.91 Å². The molecule has 1 aromatic rings. The first-order valence-electron chi connectivity index (χ1n) is 6.39. The second kappa shape index (κ2) is 6.25. The van der Waals surface area contributed by atoms with Crippen molar-refractivity contribution in [3.8, 4) is 0 Å². The number of halogens is 2. The normalized spacial score (nSPS) is 19.8. The van der Waals surface area contributed by atoms with E-state index < -0.39 is 0 Å². The van der Waals surface area contributed by atoms with E-state index in [1.54, 1.807) is 12.1 Å².